The summed E-state index contributed by atoms with van der Waals surface area (Å²) in [5.74, 6) is -0.443. The van der Waals surface area contributed by atoms with Gasteiger partial charge < -0.3 is 15.8 Å². The largest absolute Gasteiger partial charge is 0.398 e. The second-order valence-corrected chi connectivity index (χ2v) is 12.2. The number of hydrogen-bond donors (Lipinski definition) is 2. The van der Waals surface area contributed by atoms with E-state index in [1.807, 2.05) is 12.1 Å². The van der Waals surface area contributed by atoms with Gasteiger partial charge in [-0.2, -0.15) is 0 Å². The standard InChI is InChI=1S/C19H25FN2O2Si/c1-12(23)22-16-8-6-14(11-24-2)19(21)18(16)13-7-9-17(15(20)10-13)25(3,4)5/h6-10H,11,21H2,1-5H3,(H,22,23). The van der Waals surface area contributed by atoms with E-state index >= 15 is 0 Å². The first-order valence-corrected chi connectivity index (χ1v) is 11.6. The molecule has 0 saturated carbocycles. The van der Waals surface area contributed by atoms with Gasteiger partial charge in [-0.15, -0.1) is 0 Å². The minimum Gasteiger partial charge on any atom is -0.398 e. The normalized spacial score (nSPS) is 11.4. The van der Waals surface area contributed by atoms with Crippen molar-refractivity contribution in [1.29, 1.82) is 0 Å². The third-order valence-corrected chi connectivity index (χ3v) is 6.03. The van der Waals surface area contributed by atoms with E-state index in [1.165, 1.54) is 13.0 Å². The van der Waals surface area contributed by atoms with Gasteiger partial charge in [0.05, 0.1) is 20.4 Å². The van der Waals surface area contributed by atoms with E-state index < -0.39 is 8.07 Å². The predicted octanol–water partition coefficient (Wildman–Crippen LogP) is 3.72. The monoisotopic (exact) mass is 360 g/mol. The second kappa shape index (κ2) is 7.37. The van der Waals surface area contributed by atoms with Crippen molar-refractivity contribution < 1.29 is 13.9 Å². The van der Waals surface area contributed by atoms with Crippen molar-refractivity contribution in [3.05, 3.63) is 41.7 Å². The number of carbonyl (C=O) groups excluding carboxylic acids is 1. The Morgan fingerprint density at radius 3 is 2.44 bits per heavy atom. The Bertz CT molecular complexity index is 801. The predicted molar refractivity (Wildman–Crippen MR) is 104 cm³/mol. The van der Waals surface area contributed by atoms with E-state index in [2.05, 4.69) is 25.0 Å². The number of nitrogen functional groups attached to an aromatic ring is 1. The van der Waals surface area contributed by atoms with Crippen molar-refractivity contribution in [2.24, 2.45) is 0 Å². The number of carbonyl (C=O) groups is 1. The highest BCUT2D eigenvalue weighted by molar-refractivity contribution is 6.88. The van der Waals surface area contributed by atoms with Crippen LogP contribution in [0, 0.1) is 5.82 Å². The zero-order valence-electron chi connectivity index (χ0n) is 15.4. The fourth-order valence-corrected chi connectivity index (χ4v) is 4.20. The number of methoxy groups -OCH3 is 1. The lowest BCUT2D eigenvalue weighted by Crippen LogP contribution is -2.39. The van der Waals surface area contributed by atoms with E-state index in [9.17, 15) is 9.18 Å². The maximum Gasteiger partial charge on any atom is 0.221 e. The maximum atomic E-state index is 14.7. The maximum absolute atomic E-state index is 14.7. The minimum absolute atomic E-state index is 0.209. The summed E-state index contributed by atoms with van der Waals surface area (Å²) in [6, 6.07) is 8.77. The van der Waals surface area contributed by atoms with E-state index in [0.717, 1.165) is 10.8 Å². The zero-order valence-corrected chi connectivity index (χ0v) is 16.4. The molecule has 0 aromatic heterocycles. The van der Waals surface area contributed by atoms with E-state index in [1.54, 1.807) is 19.2 Å². The summed E-state index contributed by atoms with van der Waals surface area (Å²) in [5.41, 5.74) is 9.39. The number of rotatable bonds is 5. The lowest BCUT2D eigenvalue weighted by atomic mass is 9.98. The Balaban J connectivity index is 2.65. The molecule has 0 saturated heterocycles. The number of ether oxygens (including phenoxy) is 1. The highest BCUT2D eigenvalue weighted by Crippen LogP contribution is 2.36. The summed E-state index contributed by atoms with van der Waals surface area (Å²) < 4.78 is 19.9. The van der Waals surface area contributed by atoms with Crippen LogP contribution in [0.2, 0.25) is 19.6 Å². The van der Waals surface area contributed by atoms with E-state index in [4.69, 9.17) is 10.5 Å². The van der Waals surface area contributed by atoms with Crippen molar-refractivity contribution in [2.45, 2.75) is 33.2 Å². The first-order valence-electron chi connectivity index (χ1n) is 8.13. The van der Waals surface area contributed by atoms with Gasteiger partial charge in [0.15, 0.2) is 0 Å². The molecular formula is C19H25FN2O2Si. The highest BCUT2D eigenvalue weighted by atomic mass is 28.3. The number of benzene rings is 2. The van der Waals surface area contributed by atoms with Gasteiger partial charge in [-0.25, -0.2) is 4.39 Å². The van der Waals surface area contributed by atoms with Crippen molar-refractivity contribution in [3.8, 4) is 11.1 Å². The van der Waals surface area contributed by atoms with Crippen LogP contribution in [0.4, 0.5) is 15.8 Å². The van der Waals surface area contributed by atoms with Gasteiger partial charge in [-0.3, -0.25) is 4.79 Å². The van der Waals surface area contributed by atoms with Crippen LogP contribution in [0.3, 0.4) is 0 Å². The molecule has 1 amide bonds. The number of anilines is 2. The third kappa shape index (κ3) is 4.27. The fourth-order valence-electron chi connectivity index (χ4n) is 2.83. The van der Waals surface area contributed by atoms with Crippen molar-refractivity contribution in [1.82, 2.24) is 0 Å². The molecule has 0 aliphatic heterocycles. The average molecular weight is 361 g/mol. The van der Waals surface area contributed by atoms with Gasteiger partial charge in [-0.1, -0.05) is 37.8 Å². The molecule has 0 aliphatic carbocycles. The minimum atomic E-state index is -1.77. The number of nitrogens with one attached hydrogen (secondary N) is 1. The van der Waals surface area contributed by atoms with Gasteiger partial charge in [0, 0.05) is 30.8 Å². The Morgan fingerprint density at radius 1 is 1.24 bits per heavy atom. The first kappa shape index (κ1) is 19.1. The van der Waals surface area contributed by atoms with Gasteiger partial charge in [0.2, 0.25) is 5.91 Å². The summed E-state index contributed by atoms with van der Waals surface area (Å²) in [5, 5.41) is 3.54. The summed E-state index contributed by atoms with van der Waals surface area (Å²) in [6.07, 6.45) is 0. The summed E-state index contributed by atoms with van der Waals surface area (Å²) in [6.45, 7) is 8.07. The lowest BCUT2D eigenvalue weighted by Gasteiger charge is -2.20. The molecule has 3 N–H and O–H groups in total. The quantitative estimate of drug-likeness (QED) is 0.631. The summed E-state index contributed by atoms with van der Waals surface area (Å²) >= 11 is 0. The Labute approximate surface area is 149 Å². The molecule has 0 bridgehead atoms. The number of amides is 1. The molecule has 0 radical (unpaired) electrons. The second-order valence-electron chi connectivity index (χ2n) is 7.12. The van der Waals surface area contributed by atoms with Crippen LogP contribution in [0.1, 0.15) is 12.5 Å². The molecule has 4 nitrogen and oxygen atoms in total. The smallest absolute Gasteiger partial charge is 0.221 e. The Morgan fingerprint density at radius 2 is 1.92 bits per heavy atom. The molecule has 0 fully saturated rings. The number of halogens is 1. The van der Waals surface area contributed by atoms with Crippen LogP contribution >= 0.6 is 0 Å². The van der Waals surface area contributed by atoms with E-state index in [-0.39, 0.29) is 11.7 Å². The van der Waals surface area contributed by atoms with Gasteiger partial charge in [0.25, 0.3) is 0 Å². The molecule has 6 heteroatoms. The first-order chi connectivity index (χ1) is 11.6. The van der Waals surface area contributed by atoms with Crippen LogP contribution in [0.25, 0.3) is 11.1 Å². The SMILES string of the molecule is COCc1ccc(NC(C)=O)c(-c2ccc([Si](C)(C)C)c(F)c2)c1N. The van der Waals surface area contributed by atoms with Crippen molar-refractivity contribution in [2.75, 3.05) is 18.2 Å². The molecule has 0 heterocycles. The van der Waals surface area contributed by atoms with Gasteiger partial charge >= 0.3 is 0 Å². The molecule has 2 aromatic carbocycles. The molecule has 0 atom stereocenters. The van der Waals surface area contributed by atoms with Crippen LogP contribution in [0.5, 0.6) is 0 Å². The summed E-state index contributed by atoms with van der Waals surface area (Å²) in [7, 11) is -0.188. The highest BCUT2D eigenvalue weighted by Gasteiger charge is 2.22. The molecule has 134 valence electrons. The molecule has 2 rings (SSSR count). The Hall–Kier alpha value is -2.18. The molecule has 0 aliphatic rings. The third-order valence-electron chi connectivity index (χ3n) is 4.01. The van der Waals surface area contributed by atoms with Crippen molar-refractivity contribution >= 4 is 30.5 Å². The summed E-state index contributed by atoms with van der Waals surface area (Å²) in [4.78, 5) is 11.5. The van der Waals surface area contributed by atoms with Crippen LogP contribution in [0.15, 0.2) is 30.3 Å². The van der Waals surface area contributed by atoms with Gasteiger partial charge in [-0.05, 0) is 22.9 Å². The number of nitrogens with two attached hydrogens (primary N) is 1. The fraction of sp³-hybridized carbons (Fsp3) is 0.316. The van der Waals surface area contributed by atoms with Crippen LogP contribution in [-0.2, 0) is 16.1 Å². The lowest BCUT2D eigenvalue weighted by molar-refractivity contribution is -0.114. The molecule has 0 unspecified atom stereocenters. The number of hydrogen-bond acceptors (Lipinski definition) is 3. The van der Waals surface area contributed by atoms with Gasteiger partial charge in [0.1, 0.15) is 5.82 Å². The molecule has 0 spiro atoms. The topological polar surface area (TPSA) is 64.3 Å². The molecular weight excluding hydrogens is 335 g/mol. The van der Waals surface area contributed by atoms with Crippen LogP contribution in [-0.4, -0.2) is 21.1 Å². The Kier molecular flexibility index (Phi) is 5.64. The van der Waals surface area contributed by atoms with Crippen molar-refractivity contribution in [3.63, 3.8) is 0 Å². The average Bonchev–Trinajstić information content (AvgIpc) is 2.48. The molecule has 25 heavy (non-hydrogen) atoms. The zero-order chi connectivity index (χ0) is 18.8. The molecule has 2 aromatic rings. The van der Waals surface area contributed by atoms with E-state index in [0.29, 0.717) is 29.1 Å². The van der Waals surface area contributed by atoms with Crippen LogP contribution < -0.4 is 16.2 Å².